The largest absolute Gasteiger partial charge is 0.394 e. The Morgan fingerprint density at radius 2 is 1.77 bits per heavy atom. The second-order valence-electron chi connectivity index (χ2n) is 11.4. The summed E-state index contributed by atoms with van der Waals surface area (Å²) in [5, 5.41) is 16.8. The Morgan fingerprint density at radius 1 is 1.10 bits per heavy atom. The molecule has 0 aliphatic carbocycles. The van der Waals surface area contributed by atoms with Crippen LogP contribution < -0.4 is 10.6 Å². The van der Waals surface area contributed by atoms with Crippen molar-refractivity contribution >= 4 is 35.2 Å². The molecular weight excluding hydrogens is 510 g/mol. The normalized spacial score (nSPS) is 30.6. The molecule has 2 bridgehead atoms. The Kier molecular flexibility index (Phi) is 8.06. The summed E-state index contributed by atoms with van der Waals surface area (Å²) in [7, 11) is 0. The highest BCUT2D eigenvalue weighted by molar-refractivity contribution is 8.02. The standard InChI is InChI=1S/C31H39N3O4S/c1-4-11-20(3)32-29(37)27-31-19(2)16-24(39-31)25(28(36)33-22-14-9-6-10-15-22)26(31)30(38)34(27)23(18-35)17-21-12-7-5-8-13-21/h5-10,12-15,19-20,23-27,35H,4,11,16-18H2,1-3H3,(H,32,37)(H,33,36)/t19?,20?,23-,24-,25+,26+,27?,31?/m1/s1. The van der Waals surface area contributed by atoms with Crippen LogP contribution in [0, 0.1) is 17.8 Å². The minimum absolute atomic E-state index is 0.0345. The molecule has 8 heteroatoms. The van der Waals surface area contributed by atoms with E-state index >= 15 is 0 Å². The van der Waals surface area contributed by atoms with Gasteiger partial charge in [0.05, 0.1) is 29.2 Å². The number of rotatable bonds is 10. The van der Waals surface area contributed by atoms with E-state index in [1.54, 1.807) is 16.7 Å². The van der Waals surface area contributed by atoms with Crippen molar-refractivity contribution in [2.45, 2.75) is 74.6 Å². The average Bonchev–Trinajstić information content (AvgIpc) is 3.52. The Morgan fingerprint density at radius 3 is 2.41 bits per heavy atom. The second-order valence-corrected chi connectivity index (χ2v) is 12.9. The number of nitrogens with zero attached hydrogens (tertiary/aromatic N) is 1. The van der Waals surface area contributed by atoms with Gasteiger partial charge in [-0.1, -0.05) is 68.8 Å². The van der Waals surface area contributed by atoms with Crippen molar-refractivity contribution in [2.75, 3.05) is 11.9 Å². The smallest absolute Gasteiger partial charge is 0.244 e. The quantitative estimate of drug-likeness (QED) is 0.418. The zero-order valence-electron chi connectivity index (χ0n) is 22.9. The zero-order valence-corrected chi connectivity index (χ0v) is 23.7. The number of benzene rings is 2. The Labute approximate surface area is 235 Å². The molecule has 4 unspecified atom stereocenters. The summed E-state index contributed by atoms with van der Waals surface area (Å²) < 4.78 is -0.722. The number of amides is 3. The SMILES string of the molecule is CCCC(C)NC(=O)C1N([C@@H](CO)Cc2ccccc2)C(=O)[C@@H]2[C@@H](C(=O)Nc3ccccc3)[C@H]3CC(C)C12S3. The number of hydrogen-bond donors (Lipinski definition) is 3. The minimum atomic E-state index is -0.755. The number of thioether (sulfide) groups is 1. The fourth-order valence-corrected chi connectivity index (χ4v) is 9.57. The third-order valence-electron chi connectivity index (χ3n) is 8.80. The molecule has 2 aromatic rings. The molecule has 3 aliphatic heterocycles. The zero-order chi connectivity index (χ0) is 27.7. The maximum absolute atomic E-state index is 14.4. The summed E-state index contributed by atoms with van der Waals surface area (Å²) in [6.45, 7) is 5.92. The molecule has 3 saturated heterocycles. The van der Waals surface area contributed by atoms with Gasteiger partial charge in [0.1, 0.15) is 6.04 Å². The number of para-hydroxylation sites is 1. The number of aliphatic hydroxyl groups excluding tert-OH is 1. The van der Waals surface area contributed by atoms with Crippen LogP contribution in [0.3, 0.4) is 0 Å². The van der Waals surface area contributed by atoms with Gasteiger partial charge in [-0.3, -0.25) is 14.4 Å². The first-order chi connectivity index (χ1) is 18.8. The lowest BCUT2D eigenvalue weighted by Crippen LogP contribution is -2.59. The molecule has 0 aromatic heterocycles. The van der Waals surface area contributed by atoms with Crippen LogP contribution >= 0.6 is 11.8 Å². The number of aliphatic hydroxyl groups is 1. The first-order valence-corrected chi connectivity index (χ1v) is 15.0. The number of carbonyl (C=O) groups is 3. The first kappa shape index (κ1) is 27.7. The van der Waals surface area contributed by atoms with Gasteiger partial charge in [-0.2, -0.15) is 0 Å². The molecule has 0 radical (unpaired) electrons. The van der Waals surface area contributed by atoms with Gasteiger partial charge in [-0.05, 0) is 49.8 Å². The lowest BCUT2D eigenvalue weighted by Gasteiger charge is -2.40. The Balaban J connectivity index is 1.53. The molecular formula is C31H39N3O4S. The third-order valence-corrected chi connectivity index (χ3v) is 10.9. The van der Waals surface area contributed by atoms with E-state index < -0.39 is 28.7 Å². The fourth-order valence-electron chi connectivity index (χ4n) is 7.16. The maximum atomic E-state index is 14.4. The Bertz CT molecular complexity index is 1190. The van der Waals surface area contributed by atoms with Crippen molar-refractivity contribution in [1.29, 1.82) is 0 Å². The maximum Gasteiger partial charge on any atom is 0.244 e. The van der Waals surface area contributed by atoms with Crippen LogP contribution in [0.5, 0.6) is 0 Å². The first-order valence-electron chi connectivity index (χ1n) is 14.1. The van der Waals surface area contributed by atoms with Crippen molar-refractivity contribution < 1.29 is 19.5 Å². The number of carbonyl (C=O) groups excluding carboxylic acids is 3. The lowest BCUT2D eigenvalue weighted by atomic mass is 9.65. The van der Waals surface area contributed by atoms with E-state index in [0.717, 1.165) is 24.8 Å². The van der Waals surface area contributed by atoms with Crippen molar-refractivity contribution in [1.82, 2.24) is 10.2 Å². The molecule has 3 amide bonds. The van der Waals surface area contributed by atoms with Crippen LogP contribution in [0.15, 0.2) is 60.7 Å². The summed E-state index contributed by atoms with van der Waals surface area (Å²) in [6.07, 6.45) is 2.98. The second kappa shape index (κ2) is 11.3. The van der Waals surface area contributed by atoms with Crippen LogP contribution in [0.2, 0.25) is 0 Å². The topological polar surface area (TPSA) is 98.7 Å². The molecule has 3 aliphatic rings. The minimum Gasteiger partial charge on any atom is -0.394 e. The van der Waals surface area contributed by atoms with E-state index in [2.05, 4.69) is 24.5 Å². The number of likely N-dealkylation sites (tertiary alicyclic amines) is 1. The molecule has 8 atom stereocenters. The van der Waals surface area contributed by atoms with Gasteiger partial charge in [-0.25, -0.2) is 0 Å². The predicted octanol–water partition coefficient (Wildman–Crippen LogP) is 3.87. The molecule has 1 spiro atoms. The van der Waals surface area contributed by atoms with E-state index in [1.165, 1.54) is 0 Å². The molecule has 39 heavy (non-hydrogen) atoms. The molecule has 0 saturated carbocycles. The van der Waals surface area contributed by atoms with Crippen molar-refractivity contribution in [3.8, 4) is 0 Å². The highest BCUT2D eigenvalue weighted by Crippen LogP contribution is 2.68. The van der Waals surface area contributed by atoms with E-state index in [9.17, 15) is 19.5 Å². The molecule has 3 heterocycles. The van der Waals surface area contributed by atoms with Crippen LogP contribution in [-0.2, 0) is 20.8 Å². The van der Waals surface area contributed by atoms with Crippen LogP contribution in [0.1, 0.15) is 45.6 Å². The van der Waals surface area contributed by atoms with Gasteiger partial charge >= 0.3 is 0 Å². The summed E-state index contributed by atoms with van der Waals surface area (Å²) in [5.74, 6) is -1.63. The molecule has 208 valence electrons. The van der Waals surface area contributed by atoms with Gasteiger partial charge < -0.3 is 20.6 Å². The number of anilines is 1. The molecule has 3 N–H and O–H groups in total. The van der Waals surface area contributed by atoms with E-state index in [-0.39, 0.29) is 41.5 Å². The van der Waals surface area contributed by atoms with Gasteiger partial charge in [0.2, 0.25) is 17.7 Å². The van der Waals surface area contributed by atoms with Gasteiger partial charge in [0.25, 0.3) is 0 Å². The Hall–Kier alpha value is -2.84. The molecule has 5 rings (SSSR count). The predicted molar refractivity (Wildman–Crippen MR) is 154 cm³/mol. The molecule has 2 aromatic carbocycles. The van der Waals surface area contributed by atoms with Crippen molar-refractivity contribution in [3.63, 3.8) is 0 Å². The molecule has 3 fully saturated rings. The summed E-state index contributed by atoms with van der Waals surface area (Å²) >= 11 is 1.66. The monoisotopic (exact) mass is 549 g/mol. The van der Waals surface area contributed by atoms with E-state index in [0.29, 0.717) is 12.1 Å². The third kappa shape index (κ3) is 4.86. The van der Waals surface area contributed by atoms with Crippen LogP contribution in [0.4, 0.5) is 5.69 Å². The highest BCUT2D eigenvalue weighted by Gasteiger charge is 2.76. The summed E-state index contributed by atoms with van der Waals surface area (Å²) in [4.78, 5) is 43.9. The van der Waals surface area contributed by atoms with Gasteiger partial charge in [-0.15, -0.1) is 11.8 Å². The summed E-state index contributed by atoms with van der Waals surface area (Å²) in [6, 6.07) is 17.7. The number of nitrogens with one attached hydrogen (secondary N) is 2. The van der Waals surface area contributed by atoms with Gasteiger partial charge in [0.15, 0.2) is 0 Å². The number of hydrogen-bond acceptors (Lipinski definition) is 5. The van der Waals surface area contributed by atoms with Crippen LogP contribution in [-0.4, -0.2) is 62.5 Å². The van der Waals surface area contributed by atoms with Crippen LogP contribution in [0.25, 0.3) is 0 Å². The lowest BCUT2D eigenvalue weighted by molar-refractivity contribution is -0.142. The number of fused-ring (bicyclic) bond motifs is 1. The van der Waals surface area contributed by atoms with Gasteiger partial charge in [0, 0.05) is 17.0 Å². The van der Waals surface area contributed by atoms with E-state index in [4.69, 9.17) is 0 Å². The van der Waals surface area contributed by atoms with Crippen molar-refractivity contribution in [3.05, 3.63) is 66.2 Å². The molecule has 7 nitrogen and oxygen atoms in total. The highest BCUT2D eigenvalue weighted by atomic mass is 32.2. The summed E-state index contributed by atoms with van der Waals surface area (Å²) in [5.41, 5.74) is 1.68. The average molecular weight is 550 g/mol. The van der Waals surface area contributed by atoms with E-state index in [1.807, 2.05) is 67.6 Å². The fraction of sp³-hybridized carbons (Fsp3) is 0.516. The van der Waals surface area contributed by atoms with Crippen molar-refractivity contribution in [2.24, 2.45) is 17.8 Å².